The van der Waals surface area contributed by atoms with Gasteiger partial charge in [0.15, 0.2) is 5.78 Å². The summed E-state index contributed by atoms with van der Waals surface area (Å²) in [6, 6.07) is 7.87. The van der Waals surface area contributed by atoms with Crippen LogP contribution in [0.1, 0.15) is 29.3 Å². The summed E-state index contributed by atoms with van der Waals surface area (Å²) in [7, 11) is 0. The van der Waals surface area contributed by atoms with E-state index in [4.69, 9.17) is 0 Å². The van der Waals surface area contributed by atoms with Crippen LogP contribution in [-0.2, 0) is 0 Å². The van der Waals surface area contributed by atoms with Gasteiger partial charge < -0.3 is 0 Å². The average molecular weight is 263 g/mol. The summed E-state index contributed by atoms with van der Waals surface area (Å²) in [4.78, 5) is 14.6. The van der Waals surface area contributed by atoms with Gasteiger partial charge in [0, 0.05) is 29.7 Å². The molecular weight excluding hydrogens is 242 g/mol. The van der Waals surface area contributed by atoms with Crippen LogP contribution in [0.25, 0.3) is 0 Å². The molecule has 18 heavy (non-hydrogen) atoms. The first-order chi connectivity index (χ1) is 8.70. The van der Waals surface area contributed by atoms with Crippen LogP contribution in [0.3, 0.4) is 0 Å². The number of hydrogen-bond donors (Lipinski definition) is 0. The quantitative estimate of drug-likeness (QED) is 0.779. The highest BCUT2D eigenvalue weighted by molar-refractivity contribution is 8.00. The smallest absolute Gasteiger partial charge is 0.177 e. The molecule has 1 fully saturated rings. The van der Waals surface area contributed by atoms with E-state index in [1.807, 2.05) is 43.0 Å². The second-order valence-electron chi connectivity index (χ2n) is 4.87. The van der Waals surface area contributed by atoms with E-state index in [0.29, 0.717) is 11.8 Å². The van der Waals surface area contributed by atoms with Gasteiger partial charge in [-0.05, 0) is 18.9 Å². The molecule has 3 heteroatoms. The fourth-order valence-corrected chi connectivity index (χ4v) is 3.59. The van der Waals surface area contributed by atoms with E-state index in [-0.39, 0.29) is 5.78 Å². The number of carbonyl (C=O) groups excluding carboxylic acids is 1. The first kappa shape index (κ1) is 13.6. The topological polar surface area (TPSA) is 20.3 Å². The van der Waals surface area contributed by atoms with E-state index >= 15 is 0 Å². The van der Waals surface area contributed by atoms with Gasteiger partial charge in [-0.1, -0.05) is 31.2 Å². The Hall–Kier alpha value is -0.800. The average Bonchev–Trinajstić information content (AvgIpc) is 2.39. The number of ketones is 1. The molecule has 0 bridgehead atoms. The molecule has 0 aliphatic carbocycles. The molecule has 2 nitrogen and oxygen atoms in total. The van der Waals surface area contributed by atoms with Crippen molar-refractivity contribution in [3.8, 4) is 0 Å². The Morgan fingerprint density at radius 2 is 2.22 bits per heavy atom. The second kappa shape index (κ2) is 6.39. The maximum Gasteiger partial charge on any atom is 0.177 e. The fourth-order valence-electron chi connectivity index (χ4n) is 2.35. The molecule has 1 aliphatic rings. The molecule has 1 aromatic rings. The third kappa shape index (κ3) is 3.36. The normalized spacial score (nSPS) is 20.9. The van der Waals surface area contributed by atoms with E-state index in [9.17, 15) is 4.79 Å². The van der Waals surface area contributed by atoms with Gasteiger partial charge in [-0.2, -0.15) is 11.8 Å². The van der Waals surface area contributed by atoms with Gasteiger partial charge in [-0.3, -0.25) is 9.69 Å². The largest absolute Gasteiger partial charge is 0.294 e. The van der Waals surface area contributed by atoms with Crippen LogP contribution in [0.5, 0.6) is 0 Å². The molecule has 0 radical (unpaired) electrons. The third-order valence-corrected chi connectivity index (χ3v) is 4.86. The van der Waals surface area contributed by atoms with Gasteiger partial charge in [0.2, 0.25) is 0 Å². The van der Waals surface area contributed by atoms with Crippen LogP contribution < -0.4 is 0 Å². The molecule has 1 saturated heterocycles. The zero-order valence-corrected chi connectivity index (χ0v) is 12.0. The van der Waals surface area contributed by atoms with Crippen molar-refractivity contribution in [3.63, 3.8) is 0 Å². The summed E-state index contributed by atoms with van der Waals surface area (Å²) in [6.45, 7) is 6.90. The Balaban J connectivity index is 1.97. The van der Waals surface area contributed by atoms with Gasteiger partial charge >= 0.3 is 0 Å². The fraction of sp³-hybridized carbons (Fsp3) is 0.533. The summed E-state index contributed by atoms with van der Waals surface area (Å²) < 4.78 is 0. The highest BCUT2D eigenvalue weighted by Gasteiger charge is 2.21. The van der Waals surface area contributed by atoms with Crippen LogP contribution >= 0.6 is 11.8 Å². The second-order valence-corrected chi connectivity index (χ2v) is 6.28. The molecule has 1 atom stereocenters. The molecule has 1 aliphatic heterocycles. The minimum Gasteiger partial charge on any atom is -0.294 e. The van der Waals surface area contributed by atoms with Gasteiger partial charge in [-0.15, -0.1) is 0 Å². The van der Waals surface area contributed by atoms with Gasteiger partial charge in [0.1, 0.15) is 0 Å². The molecule has 0 spiro atoms. The van der Waals surface area contributed by atoms with Crippen LogP contribution in [-0.4, -0.2) is 41.3 Å². The van der Waals surface area contributed by atoms with Gasteiger partial charge in [0.25, 0.3) is 0 Å². The predicted octanol–water partition coefficient (Wildman–Crippen LogP) is 3.01. The molecule has 2 rings (SSSR count). The molecule has 1 aromatic carbocycles. The molecule has 0 aromatic heterocycles. The molecule has 1 heterocycles. The summed E-state index contributed by atoms with van der Waals surface area (Å²) in [5.41, 5.74) is 1.96. The van der Waals surface area contributed by atoms with Crippen LogP contribution in [0.2, 0.25) is 0 Å². The molecule has 0 saturated carbocycles. The maximum absolute atomic E-state index is 12.3. The maximum atomic E-state index is 12.3. The molecule has 0 amide bonds. The third-order valence-electron chi connectivity index (χ3n) is 3.49. The number of benzene rings is 1. The van der Waals surface area contributed by atoms with Gasteiger partial charge in [-0.25, -0.2) is 0 Å². The van der Waals surface area contributed by atoms with E-state index < -0.39 is 0 Å². The van der Waals surface area contributed by atoms with Crippen molar-refractivity contribution < 1.29 is 4.79 Å². The van der Waals surface area contributed by atoms with Crippen LogP contribution in [0.4, 0.5) is 0 Å². The Bertz CT molecular complexity index is 419. The standard InChI is InChI=1S/C15H21NOS/c1-3-13-10-16(8-9-18-13)11-15(17)14-7-5-4-6-12(14)2/h4-7,13H,3,8-11H2,1-2H3. The minimum atomic E-state index is 0.259. The number of rotatable bonds is 4. The molecule has 0 N–H and O–H groups in total. The highest BCUT2D eigenvalue weighted by atomic mass is 32.2. The first-order valence-corrected chi connectivity index (χ1v) is 7.68. The first-order valence-electron chi connectivity index (χ1n) is 6.63. The summed E-state index contributed by atoms with van der Waals surface area (Å²) in [5.74, 6) is 1.41. The predicted molar refractivity (Wildman–Crippen MR) is 78.5 cm³/mol. The van der Waals surface area contributed by atoms with Crippen molar-refractivity contribution in [2.45, 2.75) is 25.5 Å². The molecule has 98 valence electrons. The highest BCUT2D eigenvalue weighted by Crippen LogP contribution is 2.21. The van der Waals surface area contributed by atoms with Crippen molar-refractivity contribution in [3.05, 3.63) is 35.4 Å². The lowest BCUT2D eigenvalue weighted by molar-refractivity contribution is 0.0932. The number of aryl methyl sites for hydroxylation is 1. The number of Topliss-reactive ketones (excluding diaryl/α,β-unsaturated/α-hetero) is 1. The lowest BCUT2D eigenvalue weighted by Crippen LogP contribution is -2.40. The molecule has 1 unspecified atom stereocenters. The summed E-state index contributed by atoms with van der Waals surface area (Å²) in [5, 5.41) is 0.698. The van der Waals surface area contributed by atoms with E-state index in [1.54, 1.807) is 0 Å². The zero-order chi connectivity index (χ0) is 13.0. The minimum absolute atomic E-state index is 0.259. The zero-order valence-electron chi connectivity index (χ0n) is 11.2. The number of carbonyl (C=O) groups is 1. The Morgan fingerprint density at radius 3 is 2.94 bits per heavy atom. The van der Waals surface area contributed by atoms with Crippen molar-refractivity contribution in [2.75, 3.05) is 25.4 Å². The number of hydrogen-bond acceptors (Lipinski definition) is 3. The van der Waals surface area contributed by atoms with E-state index in [1.165, 1.54) is 6.42 Å². The van der Waals surface area contributed by atoms with Crippen molar-refractivity contribution >= 4 is 17.5 Å². The monoisotopic (exact) mass is 263 g/mol. The van der Waals surface area contributed by atoms with E-state index in [0.717, 1.165) is 30.0 Å². The van der Waals surface area contributed by atoms with Crippen molar-refractivity contribution in [1.29, 1.82) is 0 Å². The Kier molecular flexibility index (Phi) is 4.84. The molecular formula is C15H21NOS. The lowest BCUT2D eigenvalue weighted by Gasteiger charge is -2.31. The lowest BCUT2D eigenvalue weighted by atomic mass is 10.0. The van der Waals surface area contributed by atoms with Crippen molar-refractivity contribution in [2.24, 2.45) is 0 Å². The van der Waals surface area contributed by atoms with Gasteiger partial charge in [0.05, 0.1) is 6.54 Å². The van der Waals surface area contributed by atoms with Crippen LogP contribution in [0, 0.1) is 6.92 Å². The Morgan fingerprint density at radius 1 is 1.44 bits per heavy atom. The van der Waals surface area contributed by atoms with E-state index in [2.05, 4.69) is 11.8 Å². The number of nitrogens with zero attached hydrogens (tertiary/aromatic N) is 1. The van der Waals surface area contributed by atoms with Crippen LogP contribution in [0.15, 0.2) is 24.3 Å². The summed E-state index contributed by atoms with van der Waals surface area (Å²) in [6.07, 6.45) is 1.19. The van der Waals surface area contributed by atoms with Crippen molar-refractivity contribution in [1.82, 2.24) is 4.90 Å². The number of thioether (sulfide) groups is 1. The SMILES string of the molecule is CCC1CN(CC(=O)c2ccccc2C)CCS1. The Labute approximate surface area is 114 Å². The summed E-state index contributed by atoms with van der Waals surface area (Å²) >= 11 is 2.04.